The average Bonchev–Trinajstić information content (AvgIpc) is 2.36. The maximum atomic E-state index is 5.86. The van der Waals surface area contributed by atoms with Crippen molar-refractivity contribution in [1.82, 2.24) is 0 Å². The molecule has 0 aromatic carbocycles. The van der Waals surface area contributed by atoms with Gasteiger partial charge in [0.15, 0.2) is 0 Å². The van der Waals surface area contributed by atoms with Crippen molar-refractivity contribution >= 4 is 23.1 Å². The highest BCUT2D eigenvalue weighted by Crippen LogP contribution is 2.17. The molecule has 1 aromatic heterocycles. The van der Waals surface area contributed by atoms with Gasteiger partial charge in [-0.1, -0.05) is 0 Å². The summed E-state index contributed by atoms with van der Waals surface area (Å²) in [6.45, 7) is 4.13. The molecule has 0 amide bonds. The quantitative estimate of drug-likeness (QED) is 0.810. The molecule has 12 heavy (non-hydrogen) atoms. The van der Waals surface area contributed by atoms with Gasteiger partial charge in [0.1, 0.15) is 0 Å². The number of hydrogen-bond acceptors (Lipinski definition) is 3. The molecule has 1 nitrogen and oxygen atoms in total. The van der Waals surface area contributed by atoms with E-state index in [1.807, 2.05) is 11.8 Å². The van der Waals surface area contributed by atoms with E-state index in [2.05, 4.69) is 30.7 Å². The molecular weight excluding hydrogens is 186 g/mol. The molecule has 0 unspecified atom stereocenters. The van der Waals surface area contributed by atoms with Crippen molar-refractivity contribution in [3.05, 3.63) is 22.4 Å². The molecule has 0 saturated heterocycles. The number of nitrogens with two attached hydrogens (primary N) is 1. The van der Waals surface area contributed by atoms with Crippen molar-refractivity contribution in [2.75, 3.05) is 5.75 Å². The topological polar surface area (TPSA) is 26.0 Å². The van der Waals surface area contributed by atoms with E-state index in [1.54, 1.807) is 11.3 Å². The van der Waals surface area contributed by atoms with Crippen molar-refractivity contribution in [1.29, 1.82) is 0 Å². The third-order valence-corrected chi connectivity index (χ3v) is 3.54. The first-order valence-corrected chi connectivity index (χ1v) is 6.05. The van der Waals surface area contributed by atoms with Gasteiger partial charge in [0.25, 0.3) is 0 Å². The summed E-state index contributed by atoms with van der Waals surface area (Å²) in [6.07, 6.45) is 0. The highest BCUT2D eigenvalue weighted by Gasteiger charge is 2.09. The predicted molar refractivity (Wildman–Crippen MR) is 58.7 cm³/mol. The van der Waals surface area contributed by atoms with E-state index in [0.29, 0.717) is 0 Å². The smallest absolute Gasteiger partial charge is 0.0193 e. The minimum Gasteiger partial charge on any atom is -0.325 e. The molecule has 68 valence electrons. The van der Waals surface area contributed by atoms with Crippen LogP contribution in [0.25, 0.3) is 0 Å². The molecule has 1 rings (SSSR count). The fraction of sp³-hybridized carbons (Fsp3) is 0.556. The lowest BCUT2D eigenvalue weighted by molar-refractivity contribution is 0.591. The molecule has 0 aliphatic heterocycles. The first-order chi connectivity index (χ1) is 5.58. The fourth-order valence-electron chi connectivity index (χ4n) is 0.807. The molecule has 0 radical (unpaired) electrons. The van der Waals surface area contributed by atoms with E-state index < -0.39 is 0 Å². The van der Waals surface area contributed by atoms with Gasteiger partial charge in [-0.2, -0.15) is 23.1 Å². The summed E-state index contributed by atoms with van der Waals surface area (Å²) < 4.78 is 0. The Morgan fingerprint density at radius 2 is 2.33 bits per heavy atom. The Hall–Kier alpha value is 0.01000. The Morgan fingerprint density at radius 3 is 2.83 bits per heavy atom. The lowest BCUT2D eigenvalue weighted by Gasteiger charge is -2.16. The van der Waals surface area contributed by atoms with Crippen LogP contribution in [0.3, 0.4) is 0 Å². The largest absolute Gasteiger partial charge is 0.325 e. The molecule has 0 atom stereocenters. The summed E-state index contributed by atoms with van der Waals surface area (Å²) in [5.74, 6) is 2.10. The Bertz CT molecular complexity index is 211. The highest BCUT2D eigenvalue weighted by atomic mass is 32.2. The molecular formula is C9H15NS2. The molecule has 1 aromatic rings. The molecule has 0 fully saturated rings. The van der Waals surface area contributed by atoms with Crippen molar-refractivity contribution in [2.45, 2.75) is 25.1 Å². The van der Waals surface area contributed by atoms with Crippen LogP contribution in [-0.2, 0) is 5.75 Å². The van der Waals surface area contributed by atoms with Crippen molar-refractivity contribution < 1.29 is 0 Å². The van der Waals surface area contributed by atoms with Crippen LogP contribution in [0.15, 0.2) is 16.8 Å². The van der Waals surface area contributed by atoms with Crippen molar-refractivity contribution in [2.24, 2.45) is 5.73 Å². The lowest BCUT2D eigenvalue weighted by Crippen LogP contribution is -2.34. The second kappa shape index (κ2) is 4.30. The zero-order valence-electron chi connectivity index (χ0n) is 7.54. The molecule has 3 heteroatoms. The summed E-state index contributed by atoms with van der Waals surface area (Å²) in [4.78, 5) is 0. The molecule has 1 heterocycles. The average molecular weight is 201 g/mol. The van der Waals surface area contributed by atoms with Crippen LogP contribution in [0.1, 0.15) is 19.4 Å². The van der Waals surface area contributed by atoms with E-state index in [0.717, 1.165) is 11.5 Å². The second-order valence-corrected chi connectivity index (χ2v) is 5.38. The van der Waals surface area contributed by atoms with Gasteiger partial charge in [0.05, 0.1) is 0 Å². The van der Waals surface area contributed by atoms with E-state index in [-0.39, 0.29) is 5.54 Å². The zero-order chi connectivity index (χ0) is 9.03. The molecule has 2 N–H and O–H groups in total. The van der Waals surface area contributed by atoms with Crippen LogP contribution in [-0.4, -0.2) is 11.3 Å². The SMILES string of the molecule is CC(C)(N)CSCc1ccsc1. The van der Waals surface area contributed by atoms with Gasteiger partial charge in [-0.3, -0.25) is 0 Å². The normalized spacial score (nSPS) is 11.9. The molecule has 0 aliphatic carbocycles. The second-order valence-electron chi connectivity index (χ2n) is 3.61. The Kier molecular flexibility index (Phi) is 3.62. The number of hydrogen-bond donors (Lipinski definition) is 1. The first kappa shape index (κ1) is 10.1. The fourth-order valence-corrected chi connectivity index (χ4v) is 2.62. The number of rotatable bonds is 4. The predicted octanol–water partition coefficient (Wildman–Crippen LogP) is 2.72. The van der Waals surface area contributed by atoms with Gasteiger partial charge in [-0.25, -0.2) is 0 Å². The summed E-state index contributed by atoms with van der Waals surface area (Å²) >= 11 is 3.65. The van der Waals surface area contributed by atoms with Crippen LogP contribution in [0.5, 0.6) is 0 Å². The standard InChI is InChI=1S/C9H15NS2/c1-9(2,10)7-12-6-8-3-4-11-5-8/h3-5H,6-7,10H2,1-2H3. The summed E-state index contributed by atoms with van der Waals surface area (Å²) in [5.41, 5.74) is 7.23. The molecule has 0 aliphatic rings. The third-order valence-electron chi connectivity index (χ3n) is 1.32. The Morgan fingerprint density at radius 1 is 1.58 bits per heavy atom. The molecule has 0 saturated carbocycles. The van der Waals surface area contributed by atoms with Crippen molar-refractivity contribution in [3.8, 4) is 0 Å². The van der Waals surface area contributed by atoms with Gasteiger partial charge >= 0.3 is 0 Å². The van der Waals surface area contributed by atoms with Gasteiger partial charge < -0.3 is 5.73 Å². The minimum atomic E-state index is -0.0410. The Labute approximate surface area is 82.4 Å². The van der Waals surface area contributed by atoms with Gasteiger partial charge in [-0.05, 0) is 36.2 Å². The number of thiophene rings is 1. The minimum absolute atomic E-state index is 0.0410. The molecule has 0 spiro atoms. The van der Waals surface area contributed by atoms with Crippen LogP contribution in [0, 0.1) is 0 Å². The van der Waals surface area contributed by atoms with E-state index in [9.17, 15) is 0 Å². The van der Waals surface area contributed by atoms with E-state index in [4.69, 9.17) is 5.73 Å². The molecule has 0 bridgehead atoms. The number of thioether (sulfide) groups is 1. The monoisotopic (exact) mass is 201 g/mol. The maximum absolute atomic E-state index is 5.86. The van der Waals surface area contributed by atoms with Crippen LogP contribution in [0.4, 0.5) is 0 Å². The third kappa shape index (κ3) is 4.14. The Balaban J connectivity index is 2.20. The van der Waals surface area contributed by atoms with E-state index >= 15 is 0 Å². The van der Waals surface area contributed by atoms with E-state index in [1.165, 1.54) is 5.56 Å². The van der Waals surface area contributed by atoms with Gasteiger partial charge in [-0.15, -0.1) is 0 Å². The summed E-state index contributed by atoms with van der Waals surface area (Å²) in [6, 6.07) is 2.17. The summed E-state index contributed by atoms with van der Waals surface area (Å²) in [5, 5.41) is 4.31. The van der Waals surface area contributed by atoms with Crippen molar-refractivity contribution in [3.63, 3.8) is 0 Å². The maximum Gasteiger partial charge on any atom is 0.0193 e. The van der Waals surface area contributed by atoms with Crippen LogP contribution in [0.2, 0.25) is 0 Å². The van der Waals surface area contributed by atoms with Crippen LogP contribution < -0.4 is 5.73 Å². The van der Waals surface area contributed by atoms with Gasteiger partial charge in [0, 0.05) is 17.0 Å². The van der Waals surface area contributed by atoms with Gasteiger partial charge in [0.2, 0.25) is 0 Å². The zero-order valence-corrected chi connectivity index (χ0v) is 9.17. The first-order valence-electron chi connectivity index (χ1n) is 3.96. The lowest BCUT2D eigenvalue weighted by atomic mass is 10.1. The highest BCUT2D eigenvalue weighted by molar-refractivity contribution is 7.98. The van der Waals surface area contributed by atoms with Crippen LogP contribution >= 0.6 is 23.1 Å². The summed E-state index contributed by atoms with van der Waals surface area (Å²) in [7, 11) is 0.